The van der Waals surface area contributed by atoms with Gasteiger partial charge in [-0.1, -0.05) is 11.6 Å². The number of benzene rings is 1. The van der Waals surface area contributed by atoms with Gasteiger partial charge in [-0.3, -0.25) is 0 Å². The lowest BCUT2D eigenvalue weighted by atomic mass is 10.1. The molecule has 1 aromatic heterocycles. The van der Waals surface area contributed by atoms with Crippen LogP contribution in [0.2, 0.25) is 5.02 Å². The number of aryl methyl sites for hydroxylation is 1. The first-order chi connectivity index (χ1) is 9.52. The zero-order valence-corrected chi connectivity index (χ0v) is 12.7. The number of nitrogens with zero attached hydrogens (tertiary/aromatic N) is 2. The third-order valence-electron chi connectivity index (χ3n) is 2.76. The van der Waals surface area contributed by atoms with Crippen LogP contribution in [0.4, 0.5) is 0 Å². The predicted octanol–water partition coefficient (Wildman–Crippen LogP) is 2.91. The molecule has 20 heavy (non-hydrogen) atoms. The lowest BCUT2D eigenvalue weighted by molar-refractivity contribution is 0.0688. The van der Waals surface area contributed by atoms with Gasteiger partial charge in [0.1, 0.15) is 0 Å². The molecule has 0 amide bonds. The first kappa shape index (κ1) is 15.0. The number of hydrogen-bond acceptors (Lipinski definition) is 3. The summed E-state index contributed by atoms with van der Waals surface area (Å²) in [5, 5.41) is 22.6. The Morgan fingerprint density at radius 3 is 2.80 bits per heavy atom. The predicted molar refractivity (Wildman–Crippen MR) is 78.6 cm³/mol. The van der Waals surface area contributed by atoms with Crippen LogP contribution in [0.25, 0.3) is 5.69 Å². The zero-order valence-electron chi connectivity index (χ0n) is 10.4. The van der Waals surface area contributed by atoms with E-state index in [0.29, 0.717) is 29.1 Å². The molecule has 0 radical (unpaired) electrons. The van der Waals surface area contributed by atoms with Crippen molar-refractivity contribution in [3.63, 3.8) is 0 Å². The summed E-state index contributed by atoms with van der Waals surface area (Å²) in [5.41, 5.74) is 1.26. The van der Waals surface area contributed by atoms with Gasteiger partial charge in [0, 0.05) is 22.8 Å². The molecule has 2 N–H and O–H groups in total. The largest absolute Gasteiger partial charge is 0.476 e. The average Bonchev–Trinajstić information content (AvgIpc) is 2.84. The Labute approximate surface area is 128 Å². The fourth-order valence-electron chi connectivity index (χ4n) is 1.80. The second-order valence-corrected chi connectivity index (χ2v) is 5.44. The first-order valence-corrected chi connectivity index (χ1v) is 7.08. The van der Waals surface area contributed by atoms with Crippen molar-refractivity contribution in [2.24, 2.45) is 0 Å². The molecule has 2 aromatic rings. The summed E-state index contributed by atoms with van der Waals surface area (Å²) in [6, 6.07) is 5.25. The van der Waals surface area contributed by atoms with Crippen molar-refractivity contribution in [1.29, 1.82) is 0 Å². The zero-order chi connectivity index (χ0) is 14.7. The van der Waals surface area contributed by atoms with E-state index in [2.05, 4.69) is 21.0 Å². The minimum Gasteiger partial charge on any atom is -0.476 e. The van der Waals surface area contributed by atoms with Crippen LogP contribution < -0.4 is 0 Å². The molecule has 0 unspecified atom stereocenters. The van der Waals surface area contributed by atoms with E-state index in [-0.39, 0.29) is 12.3 Å². The molecule has 0 aliphatic carbocycles. The number of aliphatic hydroxyl groups excluding tert-OH is 1. The van der Waals surface area contributed by atoms with E-state index in [1.165, 1.54) is 4.68 Å². The fourth-order valence-corrected chi connectivity index (χ4v) is 2.22. The Morgan fingerprint density at radius 2 is 2.20 bits per heavy atom. The number of aromatic carboxylic acids is 1. The fraction of sp³-hybridized carbons (Fsp3) is 0.231. The molecule has 7 heteroatoms. The maximum absolute atomic E-state index is 11.2. The molecule has 0 atom stereocenters. The van der Waals surface area contributed by atoms with Gasteiger partial charge in [0.2, 0.25) is 0 Å². The van der Waals surface area contributed by atoms with Gasteiger partial charge >= 0.3 is 5.97 Å². The highest BCUT2D eigenvalue weighted by Gasteiger charge is 2.16. The number of hydrogen-bond donors (Lipinski definition) is 2. The van der Waals surface area contributed by atoms with Crippen molar-refractivity contribution in [3.05, 3.63) is 45.1 Å². The second kappa shape index (κ2) is 6.39. The number of rotatable bonds is 5. The summed E-state index contributed by atoms with van der Waals surface area (Å²) in [4.78, 5) is 11.2. The van der Waals surface area contributed by atoms with Gasteiger partial charge in [0.05, 0.1) is 10.7 Å². The molecule has 1 heterocycles. The van der Waals surface area contributed by atoms with Crippen LogP contribution in [-0.4, -0.2) is 32.6 Å². The Balaban J connectivity index is 2.41. The molecule has 0 aliphatic heterocycles. The standard InChI is InChI=1S/C13H12BrClN2O3/c14-10-4-3-9(6-11(10)15)17-7-8(2-1-5-18)12(16-17)13(19)20/h3-4,6-7,18H,1-2,5H2,(H,19,20). The van der Waals surface area contributed by atoms with Crippen molar-refractivity contribution in [3.8, 4) is 5.69 Å². The summed E-state index contributed by atoms with van der Waals surface area (Å²) in [7, 11) is 0. The van der Waals surface area contributed by atoms with Gasteiger partial charge in [-0.2, -0.15) is 5.10 Å². The van der Waals surface area contributed by atoms with Crippen LogP contribution in [0.3, 0.4) is 0 Å². The molecule has 1 aromatic carbocycles. The van der Waals surface area contributed by atoms with Crippen molar-refractivity contribution >= 4 is 33.5 Å². The maximum atomic E-state index is 11.2. The molecule has 0 fully saturated rings. The number of carbonyl (C=O) groups is 1. The Bertz CT molecular complexity index is 643. The molecule has 0 aliphatic rings. The van der Waals surface area contributed by atoms with E-state index in [9.17, 15) is 4.79 Å². The summed E-state index contributed by atoms with van der Waals surface area (Å²) >= 11 is 9.31. The summed E-state index contributed by atoms with van der Waals surface area (Å²) in [6.45, 7) is 0.00828. The van der Waals surface area contributed by atoms with E-state index in [1.54, 1.807) is 24.4 Å². The lowest BCUT2D eigenvalue weighted by Crippen LogP contribution is -2.03. The van der Waals surface area contributed by atoms with Gasteiger partial charge in [-0.15, -0.1) is 0 Å². The van der Waals surface area contributed by atoms with Crippen LogP contribution >= 0.6 is 27.5 Å². The van der Waals surface area contributed by atoms with Crippen LogP contribution in [0.1, 0.15) is 22.5 Å². The SMILES string of the molecule is O=C(O)c1nn(-c2ccc(Br)c(Cl)c2)cc1CCCO. The Morgan fingerprint density at radius 1 is 1.45 bits per heavy atom. The normalized spacial score (nSPS) is 10.8. The smallest absolute Gasteiger partial charge is 0.356 e. The quantitative estimate of drug-likeness (QED) is 0.861. The van der Waals surface area contributed by atoms with Gasteiger partial charge in [0.15, 0.2) is 5.69 Å². The minimum absolute atomic E-state index is 0.00232. The van der Waals surface area contributed by atoms with Gasteiger partial charge in [-0.25, -0.2) is 9.48 Å². The number of aromatic nitrogens is 2. The maximum Gasteiger partial charge on any atom is 0.356 e. The van der Waals surface area contributed by atoms with Gasteiger partial charge in [0.25, 0.3) is 0 Å². The van der Waals surface area contributed by atoms with Gasteiger partial charge in [-0.05, 0) is 47.0 Å². The summed E-state index contributed by atoms with van der Waals surface area (Å²) < 4.78 is 2.24. The highest BCUT2D eigenvalue weighted by atomic mass is 79.9. The van der Waals surface area contributed by atoms with Crippen LogP contribution in [-0.2, 0) is 6.42 Å². The Hall–Kier alpha value is -1.37. The minimum atomic E-state index is -1.08. The first-order valence-electron chi connectivity index (χ1n) is 5.91. The van der Waals surface area contributed by atoms with Crippen molar-refractivity contribution < 1.29 is 15.0 Å². The highest BCUT2D eigenvalue weighted by molar-refractivity contribution is 9.10. The van der Waals surface area contributed by atoms with Gasteiger partial charge < -0.3 is 10.2 Å². The molecule has 5 nitrogen and oxygen atoms in total. The topological polar surface area (TPSA) is 75.3 Å². The van der Waals surface area contributed by atoms with E-state index >= 15 is 0 Å². The molecular weight excluding hydrogens is 348 g/mol. The van der Waals surface area contributed by atoms with Crippen LogP contribution in [0.15, 0.2) is 28.9 Å². The highest BCUT2D eigenvalue weighted by Crippen LogP contribution is 2.25. The van der Waals surface area contributed by atoms with E-state index < -0.39 is 5.97 Å². The Kier molecular flexibility index (Phi) is 4.80. The number of halogens is 2. The number of carboxylic acid groups (broad SMARTS) is 1. The summed E-state index contributed by atoms with van der Waals surface area (Å²) in [5.74, 6) is -1.08. The van der Waals surface area contributed by atoms with Crippen molar-refractivity contribution in [2.45, 2.75) is 12.8 Å². The van der Waals surface area contributed by atoms with E-state index in [4.69, 9.17) is 21.8 Å². The van der Waals surface area contributed by atoms with Crippen LogP contribution in [0.5, 0.6) is 0 Å². The van der Waals surface area contributed by atoms with E-state index in [0.717, 1.165) is 4.47 Å². The molecule has 0 bridgehead atoms. The molecule has 0 spiro atoms. The van der Waals surface area contributed by atoms with Crippen molar-refractivity contribution in [2.75, 3.05) is 6.61 Å². The molecule has 0 saturated heterocycles. The lowest BCUT2D eigenvalue weighted by Gasteiger charge is -2.02. The summed E-state index contributed by atoms with van der Waals surface area (Å²) in [6.07, 6.45) is 2.61. The number of aliphatic hydroxyl groups is 1. The second-order valence-electron chi connectivity index (χ2n) is 4.18. The molecule has 0 saturated carbocycles. The number of carboxylic acids is 1. The van der Waals surface area contributed by atoms with Crippen molar-refractivity contribution in [1.82, 2.24) is 9.78 Å². The molecule has 106 valence electrons. The molecular formula is C13H12BrClN2O3. The monoisotopic (exact) mass is 358 g/mol. The average molecular weight is 360 g/mol. The van der Waals surface area contributed by atoms with Crippen LogP contribution in [0, 0.1) is 0 Å². The molecule has 2 rings (SSSR count). The third kappa shape index (κ3) is 3.20. The van der Waals surface area contributed by atoms with E-state index in [1.807, 2.05) is 0 Å². The third-order valence-corrected chi connectivity index (χ3v) is 4.00.